The van der Waals surface area contributed by atoms with Crippen molar-refractivity contribution in [2.75, 3.05) is 64.9 Å². The molecule has 0 atom stereocenters. The summed E-state index contributed by atoms with van der Waals surface area (Å²) in [7, 11) is -8.95. The van der Waals surface area contributed by atoms with Crippen LogP contribution in [0.2, 0.25) is 0 Å². The molecule has 1 saturated heterocycles. The van der Waals surface area contributed by atoms with E-state index in [1.54, 1.807) is 48.5 Å². The average molecular weight is 629 g/mol. The minimum Gasteiger partial charge on any atom is -0.445 e. The minimum absolute atomic E-state index is 0.00855. The summed E-state index contributed by atoms with van der Waals surface area (Å²) in [5, 5.41) is 0. The van der Waals surface area contributed by atoms with Gasteiger partial charge in [0.05, 0.1) is 0 Å². The van der Waals surface area contributed by atoms with Gasteiger partial charge >= 0.3 is 27.4 Å². The smallest absolute Gasteiger partial charge is 0.410 e. The summed E-state index contributed by atoms with van der Waals surface area (Å²) in [5.41, 5.74) is 1.54. The molecule has 0 radical (unpaired) electrons. The van der Waals surface area contributed by atoms with Gasteiger partial charge in [0.2, 0.25) is 0 Å². The van der Waals surface area contributed by atoms with Crippen molar-refractivity contribution in [3.8, 4) is 0 Å². The van der Waals surface area contributed by atoms with Crippen LogP contribution in [0.4, 0.5) is 9.59 Å². The third-order valence-electron chi connectivity index (χ3n) is 6.44. The number of rotatable bonds is 8. The van der Waals surface area contributed by atoms with Crippen LogP contribution >= 0.6 is 15.2 Å². The molecule has 0 aliphatic carbocycles. The number of amides is 2. The van der Waals surface area contributed by atoms with E-state index in [4.69, 9.17) is 9.47 Å². The molecule has 0 saturated carbocycles. The molecule has 1 aliphatic heterocycles. The molecule has 0 aromatic heterocycles. The molecule has 2 aromatic rings. The lowest BCUT2D eigenvalue weighted by atomic mass is 10.2. The summed E-state index contributed by atoms with van der Waals surface area (Å²) >= 11 is 0. The number of carbonyl (C=O) groups is 2. The maximum atomic E-state index is 13.0. The molecule has 16 heteroatoms. The Morgan fingerprint density at radius 1 is 0.571 bits per heavy atom. The van der Waals surface area contributed by atoms with Crippen LogP contribution in [0.3, 0.4) is 0 Å². The molecule has 0 bridgehead atoms. The van der Waals surface area contributed by atoms with E-state index in [-0.39, 0.29) is 65.6 Å². The van der Waals surface area contributed by atoms with E-state index in [9.17, 15) is 38.3 Å². The first-order valence-corrected chi connectivity index (χ1v) is 16.9. The van der Waals surface area contributed by atoms with E-state index in [1.165, 1.54) is 19.6 Å². The van der Waals surface area contributed by atoms with E-state index in [2.05, 4.69) is 0 Å². The van der Waals surface area contributed by atoms with E-state index in [1.807, 2.05) is 12.1 Å². The molecule has 14 nitrogen and oxygen atoms in total. The molecule has 0 spiro atoms. The SMILES string of the molecule is O=C(OCc1ccccc1)N1CCN(CP(=O)(O)O)CCN(C(=O)OCc2ccccc2)CCN(CP(=O)(O)O)CC1. The van der Waals surface area contributed by atoms with Crippen molar-refractivity contribution in [2.45, 2.75) is 13.2 Å². The van der Waals surface area contributed by atoms with E-state index >= 15 is 0 Å². The molecule has 1 fully saturated rings. The number of hydrogen-bond donors (Lipinski definition) is 4. The monoisotopic (exact) mass is 628 g/mol. The van der Waals surface area contributed by atoms with Gasteiger partial charge < -0.3 is 38.8 Å². The predicted molar refractivity (Wildman–Crippen MR) is 153 cm³/mol. The molecule has 3 rings (SSSR count). The highest BCUT2D eigenvalue weighted by molar-refractivity contribution is 7.51. The van der Waals surface area contributed by atoms with Crippen molar-refractivity contribution in [3.05, 3.63) is 71.8 Å². The van der Waals surface area contributed by atoms with Gasteiger partial charge in [-0.05, 0) is 11.1 Å². The van der Waals surface area contributed by atoms with Gasteiger partial charge in [-0.25, -0.2) is 9.59 Å². The fourth-order valence-electron chi connectivity index (χ4n) is 4.29. The Morgan fingerprint density at radius 2 is 0.881 bits per heavy atom. The Kier molecular flexibility index (Phi) is 13.0. The van der Waals surface area contributed by atoms with E-state index < -0.39 is 39.9 Å². The first kappa shape index (κ1) is 33.7. The van der Waals surface area contributed by atoms with Gasteiger partial charge in [-0.2, -0.15) is 0 Å². The summed E-state index contributed by atoms with van der Waals surface area (Å²) in [6.07, 6.45) is -2.52. The Balaban J connectivity index is 1.75. The fraction of sp³-hybridized carbons (Fsp3) is 0.462. The van der Waals surface area contributed by atoms with E-state index in [0.29, 0.717) is 0 Å². The second-order valence-corrected chi connectivity index (χ2v) is 13.1. The van der Waals surface area contributed by atoms with Crippen LogP contribution in [-0.2, 0) is 31.8 Å². The fourth-order valence-corrected chi connectivity index (χ4v) is 5.89. The molecular weight excluding hydrogens is 590 g/mol. The maximum absolute atomic E-state index is 13.0. The van der Waals surface area contributed by atoms with Gasteiger partial charge in [0.15, 0.2) is 0 Å². The van der Waals surface area contributed by atoms with Crippen LogP contribution in [0.5, 0.6) is 0 Å². The van der Waals surface area contributed by atoms with Gasteiger partial charge in [0, 0.05) is 52.4 Å². The standard InChI is InChI=1S/C26H38N4O10P2/c31-25(39-19-23-7-3-1-4-8-23)29-15-11-27(21-41(33,34)35)13-17-30(18-14-28(12-16-29)22-42(36,37)38)26(32)40-20-24-9-5-2-6-10-24/h1-10H,11-22H2,(H2,33,34,35)(H2,36,37,38). The van der Waals surface area contributed by atoms with Crippen molar-refractivity contribution < 1.29 is 47.8 Å². The zero-order valence-corrected chi connectivity index (χ0v) is 25.0. The molecule has 1 heterocycles. The number of nitrogens with zero attached hydrogens (tertiary/aromatic N) is 4. The third kappa shape index (κ3) is 13.0. The zero-order chi connectivity index (χ0) is 30.6. The van der Waals surface area contributed by atoms with E-state index in [0.717, 1.165) is 11.1 Å². The predicted octanol–water partition coefficient (Wildman–Crippen LogP) is 2.15. The number of carbonyl (C=O) groups excluding carboxylic acids is 2. The van der Waals surface area contributed by atoms with Crippen LogP contribution in [0, 0.1) is 0 Å². The number of benzene rings is 2. The van der Waals surface area contributed by atoms with Crippen molar-refractivity contribution in [2.24, 2.45) is 0 Å². The Bertz CT molecular complexity index is 1120. The lowest BCUT2D eigenvalue weighted by Gasteiger charge is -2.33. The largest absolute Gasteiger partial charge is 0.445 e. The summed E-state index contributed by atoms with van der Waals surface area (Å²) < 4.78 is 34.6. The molecule has 42 heavy (non-hydrogen) atoms. The van der Waals surface area contributed by atoms with Gasteiger partial charge in [0.25, 0.3) is 0 Å². The lowest BCUT2D eigenvalue weighted by molar-refractivity contribution is 0.0751. The summed E-state index contributed by atoms with van der Waals surface area (Å²) in [6, 6.07) is 18.1. The molecule has 2 amide bonds. The molecule has 2 aromatic carbocycles. The molecule has 1 aliphatic rings. The van der Waals surface area contributed by atoms with Crippen LogP contribution in [0.1, 0.15) is 11.1 Å². The van der Waals surface area contributed by atoms with Gasteiger partial charge in [0.1, 0.15) is 25.8 Å². The first-order chi connectivity index (χ1) is 19.9. The van der Waals surface area contributed by atoms with Crippen LogP contribution in [0.15, 0.2) is 60.7 Å². The van der Waals surface area contributed by atoms with Crippen molar-refractivity contribution in [1.29, 1.82) is 0 Å². The average Bonchev–Trinajstić information content (AvgIpc) is 2.93. The highest BCUT2D eigenvalue weighted by Crippen LogP contribution is 2.36. The summed E-state index contributed by atoms with van der Waals surface area (Å²) in [4.78, 5) is 70.2. The number of hydrogen-bond acceptors (Lipinski definition) is 8. The first-order valence-electron chi connectivity index (χ1n) is 13.3. The van der Waals surface area contributed by atoms with Crippen molar-refractivity contribution in [3.63, 3.8) is 0 Å². The van der Waals surface area contributed by atoms with Gasteiger partial charge in [-0.3, -0.25) is 18.9 Å². The zero-order valence-electron chi connectivity index (χ0n) is 23.2. The Labute approximate surface area is 244 Å². The molecule has 0 unspecified atom stereocenters. The van der Waals surface area contributed by atoms with Gasteiger partial charge in [-0.1, -0.05) is 60.7 Å². The Morgan fingerprint density at radius 3 is 1.17 bits per heavy atom. The van der Waals surface area contributed by atoms with Crippen LogP contribution in [-0.4, -0.2) is 116 Å². The van der Waals surface area contributed by atoms with Gasteiger partial charge in [-0.15, -0.1) is 0 Å². The molecule has 4 N–H and O–H groups in total. The Hall–Kier alpha value is -2.80. The van der Waals surface area contributed by atoms with Crippen LogP contribution in [0.25, 0.3) is 0 Å². The quantitative estimate of drug-likeness (QED) is 0.313. The van der Waals surface area contributed by atoms with Crippen molar-refractivity contribution in [1.82, 2.24) is 19.6 Å². The highest BCUT2D eigenvalue weighted by Gasteiger charge is 2.27. The highest BCUT2D eigenvalue weighted by atomic mass is 31.2. The maximum Gasteiger partial charge on any atom is 0.410 e. The number of ether oxygens (including phenoxy) is 2. The third-order valence-corrected chi connectivity index (χ3v) is 7.98. The normalized spacial score (nSPS) is 16.8. The molecular formula is C26H38N4O10P2. The topological polar surface area (TPSA) is 181 Å². The van der Waals surface area contributed by atoms with Crippen LogP contribution < -0.4 is 0 Å². The second-order valence-electron chi connectivity index (χ2n) is 9.90. The molecule has 232 valence electrons. The van der Waals surface area contributed by atoms with Crippen molar-refractivity contribution >= 4 is 27.4 Å². The second kappa shape index (κ2) is 16.2. The minimum atomic E-state index is -4.48. The lowest BCUT2D eigenvalue weighted by Crippen LogP contribution is -2.48. The summed E-state index contributed by atoms with van der Waals surface area (Å²) in [6.45, 7) is 0.322. The summed E-state index contributed by atoms with van der Waals surface area (Å²) in [5.74, 6) is 0.